The van der Waals surface area contributed by atoms with Gasteiger partial charge in [-0.15, -0.1) is 0 Å². The Balaban J connectivity index is 3.49. The van der Waals surface area contributed by atoms with Gasteiger partial charge in [-0.3, -0.25) is 0 Å². The Bertz CT molecular complexity index is 353. The first kappa shape index (κ1) is 22.9. The molecule has 1 N–H and O–H groups in total. The normalized spacial score (nSPS) is 12.5. The Morgan fingerprint density at radius 1 is 0.833 bits per heavy atom. The molecule has 0 spiro atoms. The van der Waals surface area contributed by atoms with Gasteiger partial charge in [0, 0.05) is 6.08 Å². The van der Waals surface area contributed by atoms with Gasteiger partial charge in [0.2, 0.25) is 0 Å². The lowest BCUT2D eigenvalue weighted by molar-refractivity contribution is -0.131. The Hall–Kier alpha value is -1.05. The monoisotopic (exact) mass is 336 g/mol. The van der Waals surface area contributed by atoms with Crippen LogP contribution in [0.15, 0.2) is 24.3 Å². The average molecular weight is 337 g/mol. The first-order valence-corrected chi connectivity index (χ1v) is 10.0. The van der Waals surface area contributed by atoms with Gasteiger partial charge in [0.15, 0.2) is 0 Å². The summed E-state index contributed by atoms with van der Waals surface area (Å²) < 4.78 is 0. The third kappa shape index (κ3) is 17.3. The summed E-state index contributed by atoms with van der Waals surface area (Å²) in [6.07, 6.45) is 24.2. The van der Waals surface area contributed by atoms with E-state index in [1.54, 1.807) is 6.08 Å². The molecule has 0 aliphatic rings. The molecule has 0 unspecified atom stereocenters. The number of unbranched alkanes of at least 4 members (excludes halogenated alkanes) is 10. The van der Waals surface area contributed by atoms with E-state index in [1.807, 2.05) is 6.08 Å². The van der Waals surface area contributed by atoms with Gasteiger partial charge in [0.25, 0.3) is 0 Å². The van der Waals surface area contributed by atoms with E-state index in [0.29, 0.717) is 5.41 Å². The molecule has 0 saturated carbocycles. The molecule has 0 atom stereocenters. The summed E-state index contributed by atoms with van der Waals surface area (Å²) in [6, 6.07) is 0. The van der Waals surface area contributed by atoms with Crippen LogP contribution in [0.4, 0.5) is 0 Å². The maximum absolute atomic E-state index is 10.4. The summed E-state index contributed by atoms with van der Waals surface area (Å²) in [6.45, 7) is 6.87. The maximum Gasteiger partial charge on any atom is 0.328 e. The molecule has 2 heteroatoms. The molecule has 0 saturated heterocycles. The molecule has 0 aromatic rings. The lowest BCUT2D eigenvalue weighted by Crippen LogP contribution is -2.09. The molecule has 0 heterocycles. The quantitative estimate of drug-likeness (QED) is 0.182. The van der Waals surface area contributed by atoms with Crippen LogP contribution in [0.2, 0.25) is 0 Å². The Labute approximate surface area is 150 Å². The number of aliphatic carboxylic acids is 1. The third-order valence-corrected chi connectivity index (χ3v) is 4.61. The molecule has 0 rings (SSSR count). The van der Waals surface area contributed by atoms with Crippen molar-refractivity contribution in [1.29, 1.82) is 0 Å². The molecule has 0 bridgehead atoms. The molecule has 2 nitrogen and oxygen atoms in total. The highest BCUT2D eigenvalue weighted by atomic mass is 16.4. The molecule has 0 fully saturated rings. The van der Waals surface area contributed by atoms with Crippen LogP contribution in [0.1, 0.15) is 104 Å². The second kappa shape index (κ2) is 15.5. The van der Waals surface area contributed by atoms with Crippen LogP contribution in [-0.2, 0) is 4.79 Å². The van der Waals surface area contributed by atoms with Gasteiger partial charge in [-0.25, -0.2) is 4.79 Å². The van der Waals surface area contributed by atoms with Gasteiger partial charge >= 0.3 is 5.97 Å². The van der Waals surface area contributed by atoms with Crippen LogP contribution < -0.4 is 0 Å². The molecule has 0 aromatic heterocycles. The topological polar surface area (TPSA) is 37.3 Å². The highest BCUT2D eigenvalue weighted by Crippen LogP contribution is 2.28. The van der Waals surface area contributed by atoms with Gasteiger partial charge in [-0.1, -0.05) is 110 Å². The zero-order valence-electron chi connectivity index (χ0n) is 16.4. The number of allylic oxidation sites excluding steroid dienone is 3. The number of carboxylic acids is 1. The Morgan fingerprint density at radius 3 is 1.83 bits per heavy atom. The summed E-state index contributed by atoms with van der Waals surface area (Å²) >= 11 is 0. The predicted octanol–water partition coefficient (Wildman–Crippen LogP) is 7.30. The summed E-state index contributed by atoms with van der Waals surface area (Å²) in [5.41, 5.74) is 0.312. The fourth-order valence-electron chi connectivity index (χ4n) is 2.97. The summed E-state index contributed by atoms with van der Waals surface area (Å²) in [5, 5.41) is 8.52. The van der Waals surface area contributed by atoms with E-state index in [9.17, 15) is 4.79 Å². The minimum absolute atomic E-state index is 0.312. The standard InChI is InChI=1S/C22H40O2/c1-4-5-6-7-8-9-10-11-12-13-16-19-22(2,3)20-17-14-15-18-21(23)24/h14-15,17-18H,4-13,16,19-20H2,1-3H3,(H,23,24)/b17-14+,18-15+. The fraction of sp³-hybridized carbons (Fsp3) is 0.773. The Kier molecular flexibility index (Phi) is 14.8. The van der Waals surface area contributed by atoms with Crippen LogP contribution in [0, 0.1) is 5.41 Å². The molecular weight excluding hydrogens is 296 g/mol. The number of hydrogen-bond acceptors (Lipinski definition) is 1. The molecule has 24 heavy (non-hydrogen) atoms. The molecule has 0 aliphatic heterocycles. The lowest BCUT2D eigenvalue weighted by atomic mass is 9.83. The van der Waals surface area contributed by atoms with E-state index in [0.717, 1.165) is 6.42 Å². The molecule has 0 aliphatic carbocycles. The van der Waals surface area contributed by atoms with E-state index in [2.05, 4.69) is 26.8 Å². The number of carboxylic acid groups (broad SMARTS) is 1. The number of rotatable bonds is 16. The maximum atomic E-state index is 10.4. The minimum atomic E-state index is -0.889. The highest BCUT2D eigenvalue weighted by molar-refractivity contribution is 5.80. The molecule has 140 valence electrons. The van der Waals surface area contributed by atoms with E-state index < -0.39 is 5.97 Å². The second-order valence-electron chi connectivity index (χ2n) is 7.78. The van der Waals surface area contributed by atoms with Gasteiger partial charge in [0.05, 0.1) is 0 Å². The van der Waals surface area contributed by atoms with Crippen LogP contribution >= 0.6 is 0 Å². The van der Waals surface area contributed by atoms with E-state index in [4.69, 9.17) is 5.11 Å². The van der Waals surface area contributed by atoms with Gasteiger partial charge in [-0.2, -0.15) is 0 Å². The smallest absolute Gasteiger partial charge is 0.328 e. The number of carbonyl (C=O) groups is 1. The van der Waals surface area contributed by atoms with Crippen LogP contribution in [0.25, 0.3) is 0 Å². The van der Waals surface area contributed by atoms with Gasteiger partial charge in [0.1, 0.15) is 0 Å². The lowest BCUT2D eigenvalue weighted by Gasteiger charge is -2.22. The van der Waals surface area contributed by atoms with Crippen LogP contribution in [0.5, 0.6) is 0 Å². The summed E-state index contributed by atoms with van der Waals surface area (Å²) in [7, 11) is 0. The zero-order valence-corrected chi connectivity index (χ0v) is 16.4. The molecular formula is C22H40O2. The van der Waals surface area contributed by atoms with Crippen molar-refractivity contribution in [1.82, 2.24) is 0 Å². The van der Waals surface area contributed by atoms with Crippen molar-refractivity contribution in [2.45, 2.75) is 104 Å². The summed E-state index contributed by atoms with van der Waals surface area (Å²) in [4.78, 5) is 10.4. The van der Waals surface area contributed by atoms with Gasteiger partial charge in [-0.05, 0) is 18.3 Å². The molecule has 0 amide bonds. The van der Waals surface area contributed by atoms with Crippen molar-refractivity contribution in [3.63, 3.8) is 0 Å². The van der Waals surface area contributed by atoms with Crippen molar-refractivity contribution in [2.24, 2.45) is 5.41 Å². The van der Waals surface area contributed by atoms with Crippen molar-refractivity contribution in [2.75, 3.05) is 0 Å². The fourth-order valence-corrected chi connectivity index (χ4v) is 2.97. The van der Waals surface area contributed by atoms with Crippen molar-refractivity contribution < 1.29 is 9.90 Å². The van der Waals surface area contributed by atoms with E-state index in [-0.39, 0.29) is 0 Å². The third-order valence-electron chi connectivity index (χ3n) is 4.61. The summed E-state index contributed by atoms with van der Waals surface area (Å²) in [5.74, 6) is -0.889. The highest BCUT2D eigenvalue weighted by Gasteiger charge is 2.14. The zero-order chi connectivity index (χ0) is 18.1. The SMILES string of the molecule is CCCCCCCCCCCCCC(C)(C)C/C=C/C=C/C(=O)O. The molecule has 0 aromatic carbocycles. The van der Waals surface area contributed by atoms with Gasteiger partial charge < -0.3 is 5.11 Å². The second-order valence-corrected chi connectivity index (χ2v) is 7.78. The van der Waals surface area contributed by atoms with E-state index in [1.165, 1.54) is 83.1 Å². The van der Waals surface area contributed by atoms with E-state index >= 15 is 0 Å². The van der Waals surface area contributed by atoms with Crippen molar-refractivity contribution in [3.8, 4) is 0 Å². The first-order valence-electron chi connectivity index (χ1n) is 10.0. The largest absolute Gasteiger partial charge is 0.478 e. The van der Waals surface area contributed by atoms with Crippen molar-refractivity contribution >= 4 is 5.97 Å². The average Bonchev–Trinajstić information content (AvgIpc) is 2.52. The minimum Gasteiger partial charge on any atom is -0.478 e. The van der Waals surface area contributed by atoms with Crippen LogP contribution in [-0.4, -0.2) is 11.1 Å². The van der Waals surface area contributed by atoms with Crippen LogP contribution in [0.3, 0.4) is 0 Å². The van der Waals surface area contributed by atoms with Crippen molar-refractivity contribution in [3.05, 3.63) is 24.3 Å². The Morgan fingerprint density at radius 2 is 1.33 bits per heavy atom. The number of hydrogen-bond donors (Lipinski definition) is 1. The predicted molar refractivity (Wildman–Crippen MR) is 105 cm³/mol. The first-order chi connectivity index (χ1) is 11.5. The molecule has 0 radical (unpaired) electrons.